The standard InChI is InChI=1S/C21H28N2O/c1-5-23(15-20-11-6-7-12-22-20)21(24)17(4)19-10-8-9-18(14-19)13-16(2)3/h6-12,14,16-17H,5,13,15H2,1-4H3. The van der Waals surface area contributed by atoms with Crippen LogP contribution in [0.15, 0.2) is 48.7 Å². The van der Waals surface area contributed by atoms with E-state index in [1.54, 1.807) is 6.20 Å². The third-order valence-corrected chi connectivity index (χ3v) is 4.24. The maximum absolute atomic E-state index is 12.9. The van der Waals surface area contributed by atoms with E-state index >= 15 is 0 Å². The second-order valence-corrected chi connectivity index (χ2v) is 6.74. The second-order valence-electron chi connectivity index (χ2n) is 6.74. The molecule has 0 spiro atoms. The van der Waals surface area contributed by atoms with Crippen molar-refractivity contribution >= 4 is 5.91 Å². The molecule has 0 aliphatic carbocycles. The Hall–Kier alpha value is -2.16. The molecule has 0 fully saturated rings. The molecule has 24 heavy (non-hydrogen) atoms. The van der Waals surface area contributed by atoms with Gasteiger partial charge < -0.3 is 4.90 Å². The van der Waals surface area contributed by atoms with Crippen molar-refractivity contribution in [1.29, 1.82) is 0 Å². The first-order chi connectivity index (χ1) is 11.5. The number of carbonyl (C=O) groups is 1. The number of amides is 1. The lowest BCUT2D eigenvalue weighted by molar-refractivity contribution is -0.132. The summed E-state index contributed by atoms with van der Waals surface area (Å²) in [6.07, 6.45) is 2.81. The van der Waals surface area contributed by atoms with Crippen molar-refractivity contribution in [3.8, 4) is 0 Å². The van der Waals surface area contributed by atoms with Crippen LogP contribution in [-0.2, 0) is 17.8 Å². The summed E-state index contributed by atoms with van der Waals surface area (Å²) in [6, 6.07) is 14.3. The molecular formula is C21H28N2O. The third-order valence-electron chi connectivity index (χ3n) is 4.24. The van der Waals surface area contributed by atoms with E-state index in [-0.39, 0.29) is 11.8 Å². The summed E-state index contributed by atoms with van der Waals surface area (Å²) in [6.45, 7) is 9.69. The van der Waals surface area contributed by atoms with Crippen LogP contribution in [0.2, 0.25) is 0 Å². The SMILES string of the molecule is CCN(Cc1ccccn1)C(=O)C(C)c1cccc(CC(C)C)c1. The Morgan fingerprint density at radius 2 is 1.92 bits per heavy atom. The Kier molecular flexibility index (Phi) is 6.53. The Morgan fingerprint density at radius 1 is 1.12 bits per heavy atom. The van der Waals surface area contributed by atoms with Gasteiger partial charge in [-0.1, -0.05) is 44.2 Å². The quantitative estimate of drug-likeness (QED) is 0.755. The van der Waals surface area contributed by atoms with E-state index in [9.17, 15) is 4.79 Å². The molecule has 0 aliphatic rings. The largest absolute Gasteiger partial charge is 0.337 e. The zero-order valence-electron chi connectivity index (χ0n) is 15.2. The maximum atomic E-state index is 12.9. The fraction of sp³-hybridized carbons (Fsp3) is 0.429. The molecule has 1 atom stereocenters. The van der Waals surface area contributed by atoms with Gasteiger partial charge in [-0.25, -0.2) is 0 Å². The molecule has 1 aromatic carbocycles. The van der Waals surface area contributed by atoms with Crippen LogP contribution in [-0.4, -0.2) is 22.3 Å². The number of rotatable bonds is 7. The van der Waals surface area contributed by atoms with Crippen LogP contribution in [0.25, 0.3) is 0 Å². The number of likely N-dealkylation sites (N-methyl/N-ethyl adjacent to an activating group) is 1. The second kappa shape index (κ2) is 8.62. The number of benzene rings is 1. The van der Waals surface area contributed by atoms with E-state index in [0.717, 1.165) is 17.7 Å². The summed E-state index contributed by atoms with van der Waals surface area (Å²) >= 11 is 0. The number of hydrogen-bond donors (Lipinski definition) is 0. The number of hydrogen-bond acceptors (Lipinski definition) is 2. The van der Waals surface area contributed by atoms with Gasteiger partial charge in [-0.3, -0.25) is 9.78 Å². The van der Waals surface area contributed by atoms with Crippen LogP contribution in [0.1, 0.15) is 50.4 Å². The zero-order valence-corrected chi connectivity index (χ0v) is 15.2. The monoisotopic (exact) mass is 324 g/mol. The number of pyridine rings is 1. The Bertz CT molecular complexity index is 652. The van der Waals surface area contributed by atoms with Crippen molar-refractivity contribution < 1.29 is 4.79 Å². The molecule has 0 aliphatic heterocycles. The van der Waals surface area contributed by atoms with Gasteiger partial charge in [0.1, 0.15) is 0 Å². The molecule has 3 nitrogen and oxygen atoms in total. The maximum Gasteiger partial charge on any atom is 0.230 e. The highest BCUT2D eigenvalue weighted by molar-refractivity contribution is 5.83. The van der Waals surface area contributed by atoms with Crippen LogP contribution in [0, 0.1) is 5.92 Å². The lowest BCUT2D eigenvalue weighted by Gasteiger charge is -2.24. The van der Waals surface area contributed by atoms with Crippen molar-refractivity contribution in [1.82, 2.24) is 9.88 Å². The normalized spacial score (nSPS) is 12.2. The molecule has 0 bridgehead atoms. The average molecular weight is 324 g/mol. The summed E-state index contributed by atoms with van der Waals surface area (Å²) in [5.41, 5.74) is 3.32. The van der Waals surface area contributed by atoms with Gasteiger partial charge in [0, 0.05) is 12.7 Å². The minimum atomic E-state index is -0.138. The average Bonchev–Trinajstić information content (AvgIpc) is 2.59. The van der Waals surface area contributed by atoms with Crippen LogP contribution < -0.4 is 0 Å². The lowest BCUT2D eigenvalue weighted by Crippen LogP contribution is -2.34. The molecule has 0 N–H and O–H groups in total. The third kappa shape index (κ3) is 4.92. The molecule has 0 radical (unpaired) electrons. The predicted molar refractivity (Wildman–Crippen MR) is 98.7 cm³/mol. The molecule has 1 aromatic heterocycles. The summed E-state index contributed by atoms with van der Waals surface area (Å²) < 4.78 is 0. The van der Waals surface area contributed by atoms with Gasteiger partial charge in [-0.15, -0.1) is 0 Å². The molecule has 2 aromatic rings. The minimum Gasteiger partial charge on any atom is -0.337 e. The summed E-state index contributed by atoms with van der Waals surface area (Å²) in [7, 11) is 0. The van der Waals surface area contributed by atoms with Crippen molar-refractivity contribution in [2.45, 2.75) is 46.6 Å². The molecule has 1 unspecified atom stereocenters. The number of nitrogens with zero attached hydrogens (tertiary/aromatic N) is 2. The van der Waals surface area contributed by atoms with Crippen molar-refractivity contribution in [3.63, 3.8) is 0 Å². The molecule has 128 valence electrons. The van der Waals surface area contributed by atoms with E-state index in [1.807, 2.05) is 36.9 Å². The fourth-order valence-corrected chi connectivity index (χ4v) is 2.91. The Balaban J connectivity index is 2.12. The molecule has 2 rings (SSSR count). The van der Waals surface area contributed by atoms with Crippen LogP contribution in [0.3, 0.4) is 0 Å². The Labute approximate surface area is 145 Å². The van der Waals surface area contributed by atoms with Crippen LogP contribution >= 0.6 is 0 Å². The van der Waals surface area contributed by atoms with Gasteiger partial charge in [0.25, 0.3) is 0 Å². The molecule has 0 saturated carbocycles. The van der Waals surface area contributed by atoms with Crippen molar-refractivity contribution in [2.75, 3.05) is 6.54 Å². The number of aromatic nitrogens is 1. The molecule has 3 heteroatoms. The van der Waals surface area contributed by atoms with Crippen LogP contribution in [0.5, 0.6) is 0 Å². The highest BCUT2D eigenvalue weighted by atomic mass is 16.2. The molecule has 0 saturated heterocycles. The molecule has 1 heterocycles. The van der Waals surface area contributed by atoms with E-state index < -0.39 is 0 Å². The van der Waals surface area contributed by atoms with Gasteiger partial charge in [0.2, 0.25) is 5.91 Å². The first-order valence-electron chi connectivity index (χ1n) is 8.78. The number of carbonyl (C=O) groups excluding carboxylic acids is 1. The lowest BCUT2D eigenvalue weighted by atomic mass is 9.94. The predicted octanol–water partition coefficient (Wildman–Crippen LogP) is 4.43. The van der Waals surface area contributed by atoms with Crippen LogP contribution in [0.4, 0.5) is 0 Å². The highest BCUT2D eigenvalue weighted by Gasteiger charge is 2.21. The van der Waals surface area contributed by atoms with E-state index in [0.29, 0.717) is 19.0 Å². The van der Waals surface area contributed by atoms with Crippen molar-refractivity contribution in [3.05, 3.63) is 65.5 Å². The molecule has 1 amide bonds. The van der Waals surface area contributed by atoms with Gasteiger partial charge in [-0.05, 0) is 49.4 Å². The highest BCUT2D eigenvalue weighted by Crippen LogP contribution is 2.21. The van der Waals surface area contributed by atoms with E-state index in [1.165, 1.54) is 5.56 Å². The smallest absolute Gasteiger partial charge is 0.230 e. The topological polar surface area (TPSA) is 33.2 Å². The van der Waals surface area contributed by atoms with E-state index in [4.69, 9.17) is 0 Å². The summed E-state index contributed by atoms with van der Waals surface area (Å²) in [4.78, 5) is 19.1. The van der Waals surface area contributed by atoms with Crippen molar-refractivity contribution in [2.24, 2.45) is 5.92 Å². The van der Waals surface area contributed by atoms with Gasteiger partial charge >= 0.3 is 0 Å². The first kappa shape index (κ1) is 18.2. The zero-order chi connectivity index (χ0) is 17.5. The minimum absolute atomic E-state index is 0.138. The summed E-state index contributed by atoms with van der Waals surface area (Å²) in [5, 5.41) is 0. The molecular weight excluding hydrogens is 296 g/mol. The Morgan fingerprint density at radius 3 is 2.54 bits per heavy atom. The fourth-order valence-electron chi connectivity index (χ4n) is 2.91. The van der Waals surface area contributed by atoms with Gasteiger partial charge in [-0.2, -0.15) is 0 Å². The van der Waals surface area contributed by atoms with E-state index in [2.05, 4.69) is 43.1 Å². The van der Waals surface area contributed by atoms with Gasteiger partial charge in [0.15, 0.2) is 0 Å². The summed E-state index contributed by atoms with van der Waals surface area (Å²) in [5.74, 6) is 0.633. The van der Waals surface area contributed by atoms with Gasteiger partial charge in [0.05, 0.1) is 18.2 Å². The first-order valence-corrected chi connectivity index (χ1v) is 8.78.